The van der Waals surface area contributed by atoms with Gasteiger partial charge in [0.1, 0.15) is 22.5 Å². The predicted molar refractivity (Wildman–Crippen MR) is 147 cm³/mol. The van der Waals surface area contributed by atoms with Crippen LogP contribution in [0.1, 0.15) is 44.3 Å². The zero-order chi connectivity index (χ0) is 27.9. The Morgan fingerprint density at radius 2 is 1.69 bits per heavy atom. The molecule has 11 heteroatoms. The maximum absolute atomic E-state index is 14.0. The van der Waals surface area contributed by atoms with Crippen molar-refractivity contribution in [2.24, 2.45) is 5.73 Å². The maximum Gasteiger partial charge on any atom is 0.273 e. The van der Waals surface area contributed by atoms with E-state index < -0.39 is 29.6 Å². The van der Waals surface area contributed by atoms with E-state index in [0.717, 1.165) is 5.56 Å². The molecule has 0 saturated heterocycles. The summed E-state index contributed by atoms with van der Waals surface area (Å²) in [5.41, 5.74) is 12.5. The Bertz CT molecular complexity index is 1460. The van der Waals surface area contributed by atoms with Crippen LogP contribution in [0.15, 0.2) is 78.9 Å². The molecule has 0 aliphatic rings. The second-order valence-corrected chi connectivity index (χ2v) is 9.17. The van der Waals surface area contributed by atoms with Crippen molar-refractivity contribution in [1.29, 1.82) is 0 Å². The van der Waals surface area contributed by atoms with E-state index in [9.17, 15) is 18.8 Å². The number of rotatable bonds is 10. The number of hydrogen-bond acceptors (Lipinski definition) is 7. The van der Waals surface area contributed by atoms with Crippen molar-refractivity contribution in [3.63, 3.8) is 0 Å². The largest absolute Gasteiger partial charge is 0.494 e. The normalized spacial score (nSPS) is 11.4. The minimum atomic E-state index is -1.21. The van der Waals surface area contributed by atoms with Gasteiger partial charge < -0.3 is 21.5 Å². The van der Waals surface area contributed by atoms with Crippen LogP contribution in [0.3, 0.4) is 0 Å². The number of ether oxygens (including phenoxy) is 1. The molecule has 200 valence electrons. The van der Waals surface area contributed by atoms with Crippen LogP contribution in [-0.2, 0) is 11.3 Å². The quantitative estimate of drug-likeness (QED) is 0.273. The molecule has 3 aromatic carbocycles. The smallest absolute Gasteiger partial charge is 0.273 e. The van der Waals surface area contributed by atoms with E-state index in [4.69, 9.17) is 16.2 Å². The van der Waals surface area contributed by atoms with E-state index in [1.807, 2.05) is 37.3 Å². The van der Waals surface area contributed by atoms with Crippen LogP contribution in [-0.4, -0.2) is 28.7 Å². The summed E-state index contributed by atoms with van der Waals surface area (Å²) in [6.07, 6.45) is 0. The summed E-state index contributed by atoms with van der Waals surface area (Å²) >= 11 is 0.690. The molecule has 9 nitrogen and oxygen atoms in total. The summed E-state index contributed by atoms with van der Waals surface area (Å²) in [6.45, 7) is 2.50. The van der Waals surface area contributed by atoms with Crippen molar-refractivity contribution >= 4 is 40.6 Å². The molecule has 0 bridgehead atoms. The Kier molecular flexibility index (Phi) is 8.52. The minimum absolute atomic E-state index is 0.0834. The summed E-state index contributed by atoms with van der Waals surface area (Å²) < 4.78 is 23.3. The van der Waals surface area contributed by atoms with Crippen LogP contribution in [0.5, 0.6) is 5.75 Å². The lowest BCUT2D eigenvalue weighted by atomic mass is 10.0. The number of hydrogen-bond donors (Lipinski definition) is 3. The van der Waals surface area contributed by atoms with Gasteiger partial charge in [0.15, 0.2) is 5.69 Å². The lowest BCUT2D eigenvalue weighted by Crippen LogP contribution is -2.44. The van der Waals surface area contributed by atoms with E-state index in [0.29, 0.717) is 29.5 Å². The average Bonchev–Trinajstić information content (AvgIpc) is 3.33. The van der Waals surface area contributed by atoms with Crippen molar-refractivity contribution in [2.45, 2.75) is 19.5 Å². The lowest BCUT2D eigenvalue weighted by molar-refractivity contribution is -0.122. The third kappa shape index (κ3) is 6.21. The second kappa shape index (κ2) is 12.2. The van der Waals surface area contributed by atoms with Gasteiger partial charge >= 0.3 is 0 Å². The first-order valence-corrected chi connectivity index (χ1v) is 12.8. The average molecular weight is 548 g/mol. The molecule has 1 atom stereocenters. The van der Waals surface area contributed by atoms with Crippen LogP contribution in [0.2, 0.25) is 0 Å². The molecule has 0 radical (unpaired) electrons. The number of nitrogens with zero attached hydrogens (tertiary/aromatic N) is 2. The summed E-state index contributed by atoms with van der Waals surface area (Å²) in [6, 6.07) is 19.9. The number of nitrogen functional groups attached to an aromatic ring is 1. The Hall–Kier alpha value is -4.77. The molecular weight excluding hydrogens is 521 g/mol. The van der Waals surface area contributed by atoms with Gasteiger partial charge in [-0.05, 0) is 66.0 Å². The van der Waals surface area contributed by atoms with Gasteiger partial charge in [-0.1, -0.05) is 42.5 Å². The topological polar surface area (TPSA) is 141 Å². The third-order valence-corrected chi connectivity index (χ3v) is 6.65. The van der Waals surface area contributed by atoms with Gasteiger partial charge in [0.05, 0.1) is 12.3 Å². The van der Waals surface area contributed by atoms with Crippen molar-refractivity contribution in [3.05, 3.63) is 106 Å². The fraction of sp³-hybridized carbons (Fsp3) is 0.143. The summed E-state index contributed by atoms with van der Waals surface area (Å²) in [7, 11) is 0. The number of amides is 3. The molecule has 1 aromatic heterocycles. The van der Waals surface area contributed by atoms with Crippen LogP contribution < -0.4 is 26.4 Å². The van der Waals surface area contributed by atoms with Crippen LogP contribution >= 0.6 is 11.5 Å². The molecule has 5 N–H and O–H groups in total. The second-order valence-electron chi connectivity index (χ2n) is 8.40. The summed E-state index contributed by atoms with van der Waals surface area (Å²) in [5, 5.41) is 2.89. The molecule has 0 fully saturated rings. The molecule has 0 spiro atoms. The number of nitrogens with two attached hydrogens (primary N) is 2. The highest BCUT2D eigenvalue weighted by Gasteiger charge is 2.36. The third-order valence-electron chi connectivity index (χ3n) is 5.80. The van der Waals surface area contributed by atoms with Crippen LogP contribution in [0.25, 0.3) is 0 Å². The number of benzene rings is 3. The number of primary amides is 1. The number of anilines is 2. The predicted octanol–water partition coefficient (Wildman–Crippen LogP) is 4.07. The van der Waals surface area contributed by atoms with Gasteiger partial charge in [0.25, 0.3) is 11.8 Å². The van der Waals surface area contributed by atoms with E-state index in [-0.39, 0.29) is 28.5 Å². The van der Waals surface area contributed by atoms with E-state index in [1.54, 1.807) is 24.3 Å². The summed E-state index contributed by atoms with van der Waals surface area (Å²) in [5.74, 6) is -2.04. The number of nitrogens with one attached hydrogen (secondary N) is 1. The standard InChI is InChI=1S/C28H26FN5O4S/c1-2-38-21-14-8-18(9-15-21)24(27(36)32-16-17-6-4-3-5-7-17)34(20-12-10-19(29)11-13-20)28(37)25-22(30)23(26(31)35)33-39-25/h3-15,24H,2,16,30H2,1H3,(H2,31,35)(H,32,36). The molecule has 4 aromatic rings. The Labute approximate surface area is 228 Å². The molecule has 0 aliphatic carbocycles. The van der Waals surface area contributed by atoms with Gasteiger partial charge in [0, 0.05) is 12.2 Å². The van der Waals surface area contributed by atoms with Gasteiger partial charge in [-0.15, -0.1) is 0 Å². The Balaban J connectivity index is 1.82. The van der Waals surface area contributed by atoms with Crippen LogP contribution in [0.4, 0.5) is 15.8 Å². The van der Waals surface area contributed by atoms with Gasteiger partial charge in [-0.25, -0.2) is 4.39 Å². The first-order valence-electron chi connectivity index (χ1n) is 12.0. The monoisotopic (exact) mass is 547 g/mol. The molecule has 1 unspecified atom stereocenters. The van der Waals surface area contributed by atoms with Crippen molar-refractivity contribution < 1.29 is 23.5 Å². The molecular formula is C28H26FN5O4S. The molecule has 39 heavy (non-hydrogen) atoms. The number of aromatic nitrogens is 1. The Morgan fingerprint density at radius 3 is 2.28 bits per heavy atom. The van der Waals surface area contributed by atoms with E-state index >= 15 is 0 Å². The van der Waals surface area contributed by atoms with Gasteiger partial charge in [-0.3, -0.25) is 19.3 Å². The fourth-order valence-electron chi connectivity index (χ4n) is 3.94. The highest BCUT2D eigenvalue weighted by Crippen LogP contribution is 2.34. The molecule has 4 rings (SSSR count). The zero-order valence-corrected chi connectivity index (χ0v) is 21.8. The number of halogens is 1. The van der Waals surface area contributed by atoms with Gasteiger partial charge in [0.2, 0.25) is 5.91 Å². The minimum Gasteiger partial charge on any atom is -0.494 e. The van der Waals surface area contributed by atoms with Gasteiger partial charge in [-0.2, -0.15) is 4.37 Å². The molecule has 0 aliphatic heterocycles. The lowest BCUT2D eigenvalue weighted by Gasteiger charge is -2.31. The van der Waals surface area contributed by atoms with Crippen molar-refractivity contribution in [1.82, 2.24) is 9.69 Å². The number of carbonyl (C=O) groups excluding carboxylic acids is 3. The molecule has 1 heterocycles. The fourth-order valence-corrected chi connectivity index (χ4v) is 4.68. The zero-order valence-electron chi connectivity index (χ0n) is 21.0. The summed E-state index contributed by atoms with van der Waals surface area (Å²) in [4.78, 5) is 40.7. The highest BCUT2D eigenvalue weighted by atomic mass is 32.1. The first kappa shape index (κ1) is 27.3. The van der Waals surface area contributed by atoms with Crippen LogP contribution in [0, 0.1) is 5.82 Å². The number of carbonyl (C=O) groups is 3. The molecule has 3 amide bonds. The maximum atomic E-state index is 14.0. The van der Waals surface area contributed by atoms with E-state index in [1.165, 1.54) is 29.2 Å². The van der Waals surface area contributed by atoms with Crippen molar-refractivity contribution in [3.8, 4) is 5.75 Å². The Morgan fingerprint density at radius 1 is 1.03 bits per heavy atom. The van der Waals surface area contributed by atoms with Crippen molar-refractivity contribution in [2.75, 3.05) is 17.2 Å². The highest BCUT2D eigenvalue weighted by molar-refractivity contribution is 7.09. The molecule has 0 saturated carbocycles. The van der Waals surface area contributed by atoms with E-state index in [2.05, 4.69) is 9.69 Å². The SMILES string of the molecule is CCOc1ccc(C(C(=O)NCc2ccccc2)N(C(=O)c2snc(C(N)=O)c2N)c2ccc(F)cc2)cc1. The first-order chi connectivity index (χ1) is 18.8.